The molecule has 0 fully saturated rings. The van der Waals surface area contributed by atoms with Crippen molar-refractivity contribution in [3.8, 4) is 0 Å². The number of nitrogens with zero attached hydrogens (tertiary/aromatic N) is 1. The lowest BCUT2D eigenvalue weighted by molar-refractivity contribution is -0.396. The van der Waals surface area contributed by atoms with Gasteiger partial charge in [-0.05, 0) is 32.8 Å². The predicted octanol–water partition coefficient (Wildman–Crippen LogP) is 2.84. The molecule has 0 saturated heterocycles. The highest BCUT2D eigenvalue weighted by molar-refractivity contribution is 5.74. The van der Waals surface area contributed by atoms with Crippen LogP contribution in [0.25, 0.3) is 0 Å². The topological polar surface area (TPSA) is 38.8 Å². The molecule has 0 aromatic heterocycles. The second-order valence-corrected chi connectivity index (χ2v) is 5.81. The highest BCUT2D eigenvalue weighted by Gasteiger charge is 2.31. The summed E-state index contributed by atoms with van der Waals surface area (Å²) in [6.07, 6.45) is 0.396. The zero-order chi connectivity index (χ0) is 14.0. The Bertz CT molecular complexity index is 465. The van der Waals surface area contributed by atoms with Crippen LogP contribution in [0.2, 0.25) is 0 Å². The average Bonchev–Trinajstić information content (AvgIpc) is 2.34. The number of hydrogen-bond acceptors (Lipinski definition) is 3. The van der Waals surface area contributed by atoms with Crippen molar-refractivity contribution in [1.29, 1.82) is 0 Å². The van der Waals surface area contributed by atoms with Gasteiger partial charge in [0.15, 0.2) is 6.23 Å². The maximum absolute atomic E-state index is 11.7. The standard InChI is InChI=1S/C15H21NO3/c1-11(17)16-10-9-12-7-5-6-8-13(12)14(16)18-19-15(2,3)4/h5-8,14H,9-10H2,1-4H3. The molecule has 1 atom stereocenters. The summed E-state index contributed by atoms with van der Waals surface area (Å²) in [4.78, 5) is 24.4. The second kappa shape index (κ2) is 5.31. The monoisotopic (exact) mass is 263 g/mol. The summed E-state index contributed by atoms with van der Waals surface area (Å²) in [6, 6.07) is 8.02. The molecule has 1 amide bonds. The number of amides is 1. The molecule has 4 heteroatoms. The minimum Gasteiger partial charge on any atom is -0.310 e. The van der Waals surface area contributed by atoms with Gasteiger partial charge in [-0.2, -0.15) is 0 Å². The molecule has 0 saturated carbocycles. The Kier molecular flexibility index (Phi) is 3.92. The van der Waals surface area contributed by atoms with E-state index in [-0.39, 0.29) is 5.91 Å². The summed E-state index contributed by atoms with van der Waals surface area (Å²) >= 11 is 0. The van der Waals surface area contributed by atoms with Crippen LogP contribution in [0.15, 0.2) is 24.3 Å². The van der Waals surface area contributed by atoms with Crippen molar-refractivity contribution in [2.24, 2.45) is 0 Å². The van der Waals surface area contributed by atoms with E-state index in [1.807, 2.05) is 39.0 Å². The van der Waals surface area contributed by atoms with Crippen LogP contribution >= 0.6 is 0 Å². The normalized spacial score (nSPS) is 19.2. The van der Waals surface area contributed by atoms with Crippen molar-refractivity contribution in [1.82, 2.24) is 4.90 Å². The van der Waals surface area contributed by atoms with Crippen molar-refractivity contribution in [2.45, 2.75) is 45.9 Å². The zero-order valence-corrected chi connectivity index (χ0v) is 12.0. The third-order valence-electron chi connectivity index (χ3n) is 3.02. The first-order chi connectivity index (χ1) is 8.88. The first kappa shape index (κ1) is 14.0. The van der Waals surface area contributed by atoms with Gasteiger partial charge in [0.1, 0.15) is 0 Å². The quantitative estimate of drug-likeness (QED) is 0.608. The first-order valence-electron chi connectivity index (χ1n) is 6.58. The lowest BCUT2D eigenvalue weighted by Crippen LogP contribution is -2.41. The Morgan fingerprint density at radius 3 is 2.63 bits per heavy atom. The van der Waals surface area contributed by atoms with Gasteiger partial charge < -0.3 is 4.90 Å². The minimum atomic E-state index is -0.457. The molecule has 2 rings (SSSR count). The fraction of sp³-hybridized carbons (Fsp3) is 0.533. The summed E-state index contributed by atoms with van der Waals surface area (Å²) in [5.74, 6) is -0.00277. The minimum absolute atomic E-state index is 0.00277. The van der Waals surface area contributed by atoms with Gasteiger partial charge in [-0.15, -0.1) is 0 Å². The van der Waals surface area contributed by atoms with Crippen LogP contribution in [0.3, 0.4) is 0 Å². The first-order valence-corrected chi connectivity index (χ1v) is 6.58. The number of fused-ring (bicyclic) bond motifs is 1. The highest BCUT2D eigenvalue weighted by Crippen LogP contribution is 2.31. The van der Waals surface area contributed by atoms with E-state index in [1.165, 1.54) is 5.56 Å². The summed E-state index contributed by atoms with van der Waals surface area (Å²) < 4.78 is 0. The molecule has 1 heterocycles. The van der Waals surface area contributed by atoms with Crippen molar-refractivity contribution in [2.75, 3.05) is 6.54 Å². The van der Waals surface area contributed by atoms with Gasteiger partial charge >= 0.3 is 0 Å². The van der Waals surface area contributed by atoms with Crippen molar-refractivity contribution in [3.63, 3.8) is 0 Å². The van der Waals surface area contributed by atoms with E-state index in [1.54, 1.807) is 11.8 Å². The van der Waals surface area contributed by atoms with Crippen LogP contribution < -0.4 is 0 Å². The maximum atomic E-state index is 11.7. The lowest BCUT2D eigenvalue weighted by Gasteiger charge is -2.36. The molecule has 1 unspecified atom stereocenters. The molecule has 0 N–H and O–H groups in total. The van der Waals surface area contributed by atoms with Gasteiger partial charge in [0, 0.05) is 19.0 Å². The van der Waals surface area contributed by atoms with Gasteiger partial charge in [0.25, 0.3) is 0 Å². The van der Waals surface area contributed by atoms with E-state index in [0.29, 0.717) is 6.54 Å². The molecule has 1 aliphatic rings. The highest BCUT2D eigenvalue weighted by atomic mass is 17.2. The Balaban J connectivity index is 2.25. The van der Waals surface area contributed by atoms with Gasteiger partial charge in [-0.3, -0.25) is 4.79 Å². The van der Waals surface area contributed by atoms with Crippen molar-refractivity contribution in [3.05, 3.63) is 35.4 Å². The third kappa shape index (κ3) is 3.33. The molecule has 4 nitrogen and oxygen atoms in total. The number of hydrogen-bond donors (Lipinski definition) is 0. The van der Waals surface area contributed by atoms with E-state index in [0.717, 1.165) is 12.0 Å². The van der Waals surface area contributed by atoms with Crippen molar-refractivity contribution < 1.29 is 14.6 Å². The molecule has 19 heavy (non-hydrogen) atoms. The Morgan fingerprint density at radius 2 is 2.00 bits per heavy atom. The van der Waals surface area contributed by atoms with Crippen LogP contribution in [-0.2, 0) is 21.0 Å². The summed E-state index contributed by atoms with van der Waals surface area (Å²) in [7, 11) is 0. The molecular weight excluding hydrogens is 242 g/mol. The van der Waals surface area contributed by atoms with Crippen molar-refractivity contribution >= 4 is 5.91 Å². The molecular formula is C15H21NO3. The SMILES string of the molecule is CC(=O)N1CCc2ccccc2C1OOC(C)(C)C. The molecule has 0 radical (unpaired) electrons. The van der Waals surface area contributed by atoms with E-state index in [4.69, 9.17) is 9.78 Å². The molecule has 1 aromatic rings. The third-order valence-corrected chi connectivity index (χ3v) is 3.02. The number of rotatable bonds is 2. The van der Waals surface area contributed by atoms with Crippen LogP contribution in [0.5, 0.6) is 0 Å². The van der Waals surface area contributed by atoms with Gasteiger partial charge in [-0.25, -0.2) is 9.78 Å². The summed E-state index contributed by atoms with van der Waals surface area (Å²) in [5.41, 5.74) is 1.81. The number of carbonyl (C=O) groups excluding carboxylic acids is 1. The second-order valence-electron chi connectivity index (χ2n) is 5.81. The van der Waals surface area contributed by atoms with Gasteiger partial charge in [0.2, 0.25) is 5.91 Å². The van der Waals surface area contributed by atoms with Crippen LogP contribution in [0, 0.1) is 0 Å². The van der Waals surface area contributed by atoms with Crippen LogP contribution in [0.4, 0.5) is 0 Å². The van der Waals surface area contributed by atoms with E-state index < -0.39 is 11.8 Å². The largest absolute Gasteiger partial charge is 0.310 e. The molecule has 1 aromatic carbocycles. The Hall–Kier alpha value is -1.39. The molecule has 0 aliphatic carbocycles. The fourth-order valence-corrected chi connectivity index (χ4v) is 2.15. The Morgan fingerprint density at radius 1 is 1.32 bits per heavy atom. The van der Waals surface area contributed by atoms with E-state index in [2.05, 4.69) is 6.07 Å². The molecule has 104 valence electrons. The molecule has 0 bridgehead atoms. The van der Waals surface area contributed by atoms with E-state index in [9.17, 15) is 4.79 Å². The lowest BCUT2D eigenvalue weighted by atomic mass is 9.98. The molecule has 1 aliphatic heterocycles. The van der Waals surface area contributed by atoms with Gasteiger partial charge in [0.05, 0.1) is 5.60 Å². The summed E-state index contributed by atoms with van der Waals surface area (Å²) in [5, 5.41) is 0. The summed E-state index contributed by atoms with van der Waals surface area (Å²) in [6.45, 7) is 7.96. The molecule has 0 spiro atoms. The predicted molar refractivity (Wildman–Crippen MR) is 72.2 cm³/mol. The van der Waals surface area contributed by atoms with Gasteiger partial charge in [-0.1, -0.05) is 24.3 Å². The average molecular weight is 263 g/mol. The van der Waals surface area contributed by atoms with Crippen LogP contribution in [0.1, 0.15) is 45.0 Å². The van der Waals surface area contributed by atoms with Crippen LogP contribution in [-0.4, -0.2) is 23.0 Å². The number of carbonyl (C=O) groups is 1. The fourth-order valence-electron chi connectivity index (χ4n) is 2.15. The zero-order valence-electron chi connectivity index (χ0n) is 12.0. The van der Waals surface area contributed by atoms with E-state index >= 15 is 0 Å². The number of benzene rings is 1. The Labute approximate surface area is 114 Å². The maximum Gasteiger partial charge on any atom is 0.221 e. The smallest absolute Gasteiger partial charge is 0.221 e.